The Morgan fingerprint density at radius 2 is 1.68 bits per heavy atom. The average molecular weight is 554 g/mol. The van der Waals surface area contributed by atoms with Gasteiger partial charge in [-0.25, -0.2) is 0 Å². The highest BCUT2D eigenvalue weighted by Crippen LogP contribution is 2.28. The minimum Gasteiger partial charge on any atom is -0.493 e. The van der Waals surface area contributed by atoms with Gasteiger partial charge in [0, 0.05) is 25.6 Å². The number of nitrogens with one attached hydrogen (secondary N) is 1. The number of aliphatic hydroxyl groups excluding tert-OH is 1. The van der Waals surface area contributed by atoms with Crippen LogP contribution in [0.25, 0.3) is 0 Å². The zero-order valence-corrected chi connectivity index (χ0v) is 25.1. The molecule has 2 rings (SSSR count). The van der Waals surface area contributed by atoms with E-state index in [0.29, 0.717) is 36.7 Å². The summed E-state index contributed by atoms with van der Waals surface area (Å²) in [5, 5.41) is 13.6. The highest BCUT2D eigenvalue weighted by molar-refractivity contribution is 5.93. The second-order valence-electron chi connectivity index (χ2n) is 10.5. The lowest BCUT2D eigenvalue weighted by Gasteiger charge is -2.16. The van der Waals surface area contributed by atoms with Gasteiger partial charge in [-0.3, -0.25) is 9.79 Å². The lowest BCUT2D eigenvalue weighted by Crippen LogP contribution is -2.23. The third-order valence-corrected chi connectivity index (χ3v) is 7.39. The third kappa shape index (κ3) is 12.0. The van der Waals surface area contributed by atoms with Crippen LogP contribution in [0.1, 0.15) is 94.2 Å². The number of guanidine groups is 1. The van der Waals surface area contributed by atoms with Crippen LogP contribution < -0.4 is 20.5 Å². The number of Topliss-reactive ketones (excluding diaryl/α,β-unsaturated/α-hetero) is 1. The van der Waals surface area contributed by atoms with Crippen molar-refractivity contribution in [3.63, 3.8) is 0 Å². The molecule has 0 spiro atoms. The van der Waals surface area contributed by atoms with Crippen molar-refractivity contribution in [3.8, 4) is 11.5 Å². The highest BCUT2D eigenvalue weighted by atomic mass is 16.5. The van der Waals surface area contributed by atoms with Crippen LogP contribution in [-0.2, 0) is 24.1 Å². The van der Waals surface area contributed by atoms with Crippen LogP contribution in [0.3, 0.4) is 0 Å². The number of ketones is 1. The molecule has 0 fully saturated rings. The molecule has 0 bridgehead atoms. The number of hydrogen-bond acceptors (Lipinski definition) is 5. The van der Waals surface area contributed by atoms with E-state index >= 15 is 0 Å². The van der Waals surface area contributed by atoms with Gasteiger partial charge >= 0.3 is 0 Å². The number of carbonyl (C=O) groups excluding carboxylic acids is 1. The Labute approximate surface area is 241 Å². The van der Waals surface area contributed by atoms with E-state index in [1.54, 1.807) is 21.3 Å². The molecule has 0 saturated carbocycles. The van der Waals surface area contributed by atoms with Crippen LogP contribution in [0.2, 0.25) is 0 Å². The Hall–Kier alpha value is -3.06. The molecule has 0 amide bonds. The summed E-state index contributed by atoms with van der Waals surface area (Å²) < 4.78 is 10.6. The zero-order chi connectivity index (χ0) is 29.2. The fourth-order valence-corrected chi connectivity index (χ4v) is 5.04. The molecule has 0 aliphatic heterocycles. The minimum atomic E-state index is -0.557. The first kappa shape index (κ1) is 33.1. The largest absolute Gasteiger partial charge is 0.493 e. The minimum absolute atomic E-state index is 0.0979. The molecule has 0 aromatic heterocycles. The van der Waals surface area contributed by atoms with Crippen molar-refractivity contribution in [1.29, 1.82) is 0 Å². The van der Waals surface area contributed by atoms with Crippen LogP contribution in [0.5, 0.6) is 11.5 Å². The van der Waals surface area contributed by atoms with Crippen molar-refractivity contribution in [2.45, 2.75) is 103 Å². The van der Waals surface area contributed by atoms with Crippen molar-refractivity contribution in [2.24, 2.45) is 10.7 Å². The predicted molar refractivity (Wildman–Crippen MR) is 166 cm³/mol. The maximum Gasteiger partial charge on any atom is 0.192 e. The number of unbranched alkanes of at least 4 members (excludes halogenated alkanes) is 6. The molecule has 222 valence electrons. The molecule has 0 aliphatic rings. The molecule has 0 radical (unpaired) electrons. The quantitative estimate of drug-likeness (QED) is 0.0965. The maximum absolute atomic E-state index is 12.4. The molecular weight excluding hydrogens is 502 g/mol. The van der Waals surface area contributed by atoms with E-state index in [0.717, 1.165) is 56.2 Å². The first-order valence-electron chi connectivity index (χ1n) is 14.9. The van der Waals surface area contributed by atoms with E-state index in [1.165, 1.54) is 30.4 Å². The number of hydrogen-bond donors (Lipinski definition) is 3. The number of aliphatic hydroxyl groups is 1. The van der Waals surface area contributed by atoms with Crippen molar-refractivity contribution in [1.82, 2.24) is 0 Å². The monoisotopic (exact) mass is 553 g/mol. The smallest absolute Gasteiger partial charge is 0.192 e. The lowest BCUT2D eigenvalue weighted by atomic mass is 9.95. The number of methoxy groups -OCH3 is 2. The fourth-order valence-electron chi connectivity index (χ4n) is 5.04. The van der Waals surface area contributed by atoms with Crippen LogP contribution in [-0.4, -0.2) is 44.2 Å². The van der Waals surface area contributed by atoms with Crippen molar-refractivity contribution in [3.05, 3.63) is 53.1 Å². The molecule has 0 aliphatic carbocycles. The Kier molecular flexibility index (Phi) is 15.8. The van der Waals surface area contributed by atoms with Crippen LogP contribution in [0, 0.1) is 0 Å². The van der Waals surface area contributed by atoms with Crippen molar-refractivity contribution in [2.75, 3.05) is 26.6 Å². The maximum atomic E-state index is 12.4. The molecule has 40 heavy (non-hydrogen) atoms. The van der Waals surface area contributed by atoms with Gasteiger partial charge in [0.15, 0.2) is 17.5 Å². The standard InChI is InChI=1S/C33H51N3O4/c1-5-6-10-17-29-26(15-13-18-30(29)36-33(34)35-2)14-11-8-7-9-12-16-27(37)24-28(38)21-19-25-20-22-31(39-3)32(23-25)40-4/h13,15,18,20,22-23,27,37H,5-12,14,16-17,19,21,24H2,1-4H3,(H3,34,35,36)/t27-/m0/s1. The van der Waals surface area contributed by atoms with E-state index in [4.69, 9.17) is 15.2 Å². The second kappa shape index (κ2) is 19.1. The Morgan fingerprint density at radius 3 is 2.40 bits per heavy atom. The summed E-state index contributed by atoms with van der Waals surface area (Å²) in [6.07, 6.45) is 12.5. The molecule has 7 heteroatoms. The Bertz CT molecular complexity index is 1050. The summed E-state index contributed by atoms with van der Waals surface area (Å²) in [6, 6.07) is 12.1. The third-order valence-electron chi connectivity index (χ3n) is 7.39. The molecule has 0 heterocycles. The number of nitrogens with two attached hydrogens (primary N) is 1. The van der Waals surface area contributed by atoms with Gasteiger partial charge < -0.3 is 25.6 Å². The summed E-state index contributed by atoms with van der Waals surface area (Å²) in [7, 11) is 4.90. The number of anilines is 1. The van der Waals surface area contributed by atoms with Gasteiger partial charge in [0.05, 0.1) is 20.3 Å². The molecule has 2 aromatic carbocycles. The fraction of sp³-hybridized carbons (Fsp3) is 0.576. The topological polar surface area (TPSA) is 106 Å². The van der Waals surface area contributed by atoms with E-state index in [-0.39, 0.29) is 12.2 Å². The normalized spacial score (nSPS) is 12.3. The second-order valence-corrected chi connectivity index (χ2v) is 10.5. The van der Waals surface area contributed by atoms with Crippen LogP contribution in [0.4, 0.5) is 5.69 Å². The van der Waals surface area contributed by atoms with Gasteiger partial charge in [-0.2, -0.15) is 0 Å². The average Bonchev–Trinajstić information content (AvgIpc) is 2.96. The molecule has 2 aromatic rings. The lowest BCUT2D eigenvalue weighted by molar-refractivity contribution is -0.121. The first-order valence-corrected chi connectivity index (χ1v) is 14.9. The number of rotatable bonds is 20. The first-order chi connectivity index (χ1) is 19.4. The number of carbonyl (C=O) groups is 1. The summed E-state index contributed by atoms with van der Waals surface area (Å²) >= 11 is 0. The predicted octanol–water partition coefficient (Wildman–Crippen LogP) is 6.63. The molecule has 1 atom stereocenters. The molecule has 0 saturated heterocycles. The molecule has 0 unspecified atom stereocenters. The van der Waals surface area contributed by atoms with E-state index < -0.39 is 6.10 Å². The SMILES string of the molecule is CCCCCc1c(CCCCCCC[C@H](O)CC(=O)CCc2ccc(OC)c(OC)c2)cccc1NC(N)=NC. The van der Waals surface area contributed by atoms with Crippen molar-refractivity contribution < 1.29 is 19.4 Å². The van der Waals surface area contributed by atoms with Crippen LogP contribution >= 0.6 is 0 Å². The van der Waals surface area contributed by atoms with Gasteiger partial charge in [0.2, 0.25) is 0 Å². The number of aliphatic imine (C=N–C) groups is 1. The van der Waals surface area contributed by atoms with Gasteiger partial charge in [-0.05, 0) is 73.4 Å². The summed E-state index contributed by atoms with van der Waals surface area (Å²) in [5.41, 5.74) is 10.8. The van der Waals surface area contributed by atoms with Gasteiger partial charge in [-0.1, -0.05) is 63.6 Å². The Morgan fingerprint density at radius 1 is 0.950 bits per heavy atom. The van der Waals surface area contributed by atoms with E-state index in [2.05, 4.69) is 35.4 Å². The van der Waals surface area contributed by atoms with Gasteiger partial charge in [0.25, 0.3) is 0 Å². The molecular formula is C33H51N3O4. The Balaban J connectivity index is 1.67. The highest BCUT2D eigenvalue weighted by Gasteiger charge is 2.13. The van der Waals surface area contributed by atoms with E-state index in [1.807, 2.05) is 18.2 Å². The zero-order valence-electron chi connectivity index (χ0n) is 25.1. The number of ether oxygens (including phenoxy) is 2. The summed E-state index contributed by atoms with van der Waals surface area (Å²) in [5.74, 6) is 1.88. The van der Waals surface area contributed by atoms with Crippen molar-refractivity contribution >= 4 is 17.4 Å². The summed E-state index contributed by atoms with van der Waals surface area (Å²) in [4.78, 5) is 16.4. The number of aryl methyl sites for hydroxylation is 2. The van der Waals surface area contributed by atoms with Crippen LogP contribution in [0.15, 0.2) is 41.4 Å². The summed E-state index contributed by atoms with van der Waals surface area (Å²) in [6.45, 7) is 2.23. The number of benzene rings is 2. The van der Waals surface area contributed by atoms with Gasteiger partial charge in [0.1, 0.15) is 5.78 Å². The van der Waals surface area contributed by atoms with Gasteiger partial charge in [-0.15, -0.1) is 0 Å². The molecule has 7 nitrogen and oxygen atoms in total. The van der Waals surface area contributed by atoms with E-state index in [9.17, 15) is 9.90 Å². The number of nitrogens with zero attached hydrogens (tertiary/aromatic N) is 1. The molecule has 4 N–H and O–H groups in total.